The van der Waals surface area contributed by atoms with E-state index in [4.69, 9.17) is 23.1 Å². The normalized spacial score (nSPS) is 11.6. The molecule has 0 saturated heterocycles. The van der Waals surface area contributed by atoms with Crippen molar-refractivity contribution in [2.75, 3.05) is 11.5 Å². The fourth-order valence-corrected chi connectivity index (χ4v) is 2.36. The van der Waals surface area contributed by atoms with E-state index in [2.05, 4.69) is 32.9 Å². The number of benzene rings is 2. The standard InChI is InChI=1S/C16H19ClN2/c1-16(2,3)11-6-4-5-10(7-11)15-13(18)8-12(17)9-14(15)19/h4-9H,18-19H2,1-3H3. The molecule has 0 aliphatic carbocycles. The van der Waals surface area contributed by atoms with Gasteiger partial charge < -0.3 is 11.5 Å². The number of nitrogen functional groups attached to an aromatic ring is 2. The van der Waals surface area contributed by atoms with Crippen LogP contribution in [0, 0.1) is 0 Å². The van der Waals surface area contributed by atoms with Crippen molar-refractivity contribution in [2.45, 2.75) is 26.2 Å². The third kappa shape index (κ3) is 2.85. The van der Waals surface area contributed by atoms with Crippen molar-refractivity contribution < 1.29 is 0 Å². The Hall–Kier alpha value is -1.67. The van der Waals surface area contributed by atoms with E-state index in [9.17, 15) is 0 Å². The van der Waals surface area contributed by atoms with Gasteiger partial charge in [0, 0.05) is 22.0 Å². The van der Waals surface area contributed by atoms with Crippen molar-refractivity contribution in [3.8, 4) is 11.1 Å². The predicted octanol–water partition coefficient (Wildman–Crippen LogP) is 4.47. The van der Waals surface area contributed by atoms with E-state index in [0.717, 1.165) is 11.1 Å². The zero-order valence-corrected chi connectivity index (χ0v) is 12.3. The van der Waals surface area contributed by atoms with Gasteiger partial charge in [-0.25, -0.2) is 0 Å². The van der Waals surface area contributed by atoms with Gasteiger partial charge in [-0.1, -0.05) is 56.6 Å². The third-order valence-corrected chi connectivity index (χ3v) is 3.40. The SMILES string of the molecule is CC(C)(C)c1cccc(-c2c(N)cc(Cl)cc2N)c1. The van der Waals surface area contributed by atoms with Crippen LogP contribution in [0.15, 0.2) is 36.4 Å². The summed E-state index contributed by atoms with van der Waals surface area (Å²) in [5.41, 5.74) is 16.5. The molecule has 0 unspecified atom stereocenters. The second-order valence-electron chi connectivity index (χ2n) is 5.79. The average molecular weight is 275 g/mol. The summed E-state index contributed by atoms with van der Waals surface area (Å²) in [6.45, 7) is 6.54. The van der Waals surface area contributed by atoms with Crippen molar-refractivity contribution in [3.05, 3.63) is 47.0 Å². The molecular weight excluding hydrogens is 256 g/mol. The van der Waals surface area contributed by atoms with E-state index in [1.165, 1.54) is 5.56 Å². The van der Waals surface area contributed by atoms with Crippen molar-refractivity contribution in [3.63, 3.8) is 0 Å². The summed E-state index contributed by atoms with van der Waals surface area (Å²) in [6.07, 6.45) is 0. The van der Waals surface area contributed by atoms with Crippen LogP contribution in [-0.4, -0.2) is 0 Å². The van der Waals surface area contributed by atoms with Crippen LogP contribution >= 0.6 is 11.6 Å². The first kappa shape index (κ1) is 13.8. The summed E-state index contributed by atoms with van der Waals surface area (Å²) in [4.78, 5) is 0. The van der Waals surface area contributed by atoms with E-state index in [-0.39, 0.29) is 5.41 Å². The van der Waals surface area contributed by atoms with E-state index >= 15 is 0 Å². The lowest BCUT2D eigenvalue weighted by Gasteiger charge is -2.20. The van der Waals surface area contributed by atoms with Gasteiger partial charge in [0.1, 0.15) is 0 Å². The summed E-state index contributed by atoms with van der Waals surface area (Å²) < 4.78 is 0. The van der Waals surface area contributed by atoms with Gasteiger partial charge in [0.15, 0.2) is 0 Å². The predicted molar refractivity (Wildman–Crippen MR) is 84.4 cm³/mol. The van der Waals surface area contributed by atoms with Crippen molar-refractivity contribution >= 4 is 23.0 Å². The molecule has 0 amide bonds. The molecule has 2 aromatic rings. The van der Waals surface area contributed by atoms with Gasteiger partial charge >= 0.3 is 0 Å². The van der Waals surface area contributed by atoms with Crippen LogP contribution in [-0.2, 0) is 5.41 Å². The molecule has 100 valence electrons. The molecule has 2 nitrogen and oxygen atoms in total. The minimum absolute atomic E-state index is 0.0892. The molecule has 0 fully saturated rings. The fraction of sp³-hybridized carbons (Fsp3) is 0.250. The molecule has 0 atom stereocenters. The van der Waals surface area contributed by atoms with Crippen LogP contribution < -0.4 is 11.5 Å². The van der Waals surface area contributed by atoms with Crippen molar-refractivity contribution in [1.82, 2.24) is 0 Å². The Morgan fingerprint density at radius 2 is 1.53 bits per heavy atom. The van der Waals surface area contributed by atoms with E-state index in [1.807, 2.05) is 12.1 Å². The van der Waals surface area contributed by atoms with Crippen LogP contribution in [0.25, 0.3) is 11.1 Å². The Morgan fingerprint density at radius 1 is 0.947 bits per heavy atom. The lowest BCUT2D eigenvalue weighted by Crippen LogP contribution is -2.11. The maximum Gasteiger partial charge on any atom is 0.0447 e. The molecule has 0 aliphatic rings. The van der Waals surface area contributed by atoms with Crippen LogP contribution in [0.3, 0.4) is 0 Å². The lowest BCUT2D eigenvalue weighted by molar-refractivity contribution is 0.590. The molecule has 19 heavy (non-hydrogen) atoms. The van der Waals surface area contributed by atoms with Gasteiger partial charge in [0.05, 0.1) is 0 Å². The van der Waals surface area contributed by atoms with Crippen LogP contribution in [0.4, 0.5) is 11.4 Å². The summed E-state index contributed by atoms with van der Waals surface area (Å²) in [5.74, 6) is 0. The van der Waals surface area contributed by atoms with Crippen LogP contribution in [0.5, 0.6) is 0 Å². The first-order valence-corrected chi connectivity index (χ1v) is 6.62. The van der Waals surface area contributed by atoms with Gasteiger partial charge in [-0.05, 0) is 28.7 Å². The molecule has 3 heteroatoms. The highest BCUT2D eigenvalue weighted by Gasteiger charge is 2.15. The Labute approximate surface area is 119 Å². The van der Waals surface area contributed by atoms with Gasteiger partial charge in [0.2, 0.25) is 0 Å². The Morgan fingerprint density at radius 3 is 2.05 bits per heavy atom. The number of nitrogens with two attached hydrogens (primary N) is 2. The van der Waals surface area contributed by atoms with Crippen molar-refractivity contribution in [2.24, 2.45) is 0 Å². The molecular formula is C16H19ClN2. The summed E-state index contributed by atoms with van der Waals surface area (Å²) in [6, 6.07) is 11.8. The Balaban J connectivity index is 2.60. The van der Waals surface area contributed by atoms with Gasteiger partial charge in [-0.15, -0.1) is 0 Å². The zero-order chi connectivity index (χ0) is 14.2. The summed E-state index contributed by atoms with van der Waals surface area (Å²) in [5, 5.41) is 0.561. The minimum Gasteiger partial charge on any atom is -0.398 e. The largest absolute Gasteiger partial charge is 0.398 e. The highest BCUT2D eigenvalue weighted by Crippen LogP contribution is 2.36. The number of hydrogen-bond acceptors (Lipinski definition) is 2. The number of hydrogen-bond donors (Lipinski definition) is 2. The molecule has 0 spiro atoms. The quantitative estimate of drug-likeness (QED) is 0.754. The van der Waals surface area contributed by atoms with Gasteiger partial charge in [0.25, 0.3) is 0 Å². The Kier molecular flexibility index (Phi) is 3.46. The Bertz CT molecular complexity index is 589. The topological polar surface area (TPSA) is 52.0 Å². The maximum absolute atomic E-state index is 6.05. The molecule has 0 heterocycles. The van der Waals surface area contributed by atoms with Crippen LogP contribution in [0.1, 0.15) is 26.3 Å². The summed E-state index contributed by atoms with van der Waals surface area (Å²) >= 11 is 5.95. The first-order chi connectivity index (χ1) is 8.79. The lowest BCUT2D eigenvalue weighted by atomic mass is 9.85. The van der Waals surface area contributed by atoms with E-state index in [1.54, 1.807) is 12.1 Å². The van der Waals surface area contributed by atoms with Gasteiger partial charge in [-0.3, -0.25) is 0 Å². The number of rotatable bonds is 1. The maximum atomic E-state index is 6.05. The highest BCUT2D eigenvalue weighted by atomic mass is 35.5. The number of halogens is 1. The second kappa shape index (κ2) is 4.78. The van der Waals surface area contributed by atoms with E-state index in [0.29, 0.717) is 16.4 Å². The third-order valence-electron chi connectivity index (χ3n) is 3.18. The van der Waals surface area contributed by atoms with Crippen molar-refractivity contribution in [1.29, 1.82) is 0 Å². The second-order valence-corrected chi connectivity index (χ2v) is 6.23. The molecule has 4 N–H and O–H groups in total. The summed E-state index contributed by atoms with van der Waals surface area (Å²) in [7, 11) is 0. The molecule has 0 aliphatic heterocycles. The molecule has 0 radical (unpaired) electrons. The first-order valence-electron chi connectivity index (χ1n) is 6.24. The fourth-order valence-electron chi connectivity index (χ4n) is 2.12. The van der Waals surface area contributed by atoms with Crippen LogP contribution in [0.2, 0.25) is 5.02 Å². The average Bonchev–Trinajstić information content (AvgIpc) is 2.26. The monoisotopic (exact) mass is 274 g/mol. The zero-order valence-electron chi connectivity index (χ0n) is 11.5. The minimum atomic E-state index is 0.0892. The number of anilines is 2. The van der Waals surface area contributed by atoms with Gasteiger partial charge in [-0.2, -0.15) is 0 Å². The molecule has 2 aromatic carbocycles. The smallest absolute Gasteiger partial charge is 0.0447 e. The highest BCUT2D eigenvalue weighted by molar-refractivity contribution is 6.31. The molecule has 2 rings (SSSR count). The molecule has 0 bridgehead atoms. The molecule has 0 aromatic heterocycles. The van der Waals surface area contributed by atoms with E-state index < -0.39 is 0 Å². The molecule has 0 saturated carbocycles.